The molecule has 0 radical (unpaired) electrons. The van der Waals surface area contributed by atoms with E-state index in [-0.39, 0.29) is 5.91 Å². The number of benzene rings is 1. The van der Waals surface area contributed by atoms with E-state index in [1.165, 1.54) is 11.1 Å². The number of nitrogens with one attached hydrogen (secondary N) is 1. The molecule has 104 valence electrons. The Morgan fingerprint density at radius 1 is 1.47 bits per heavy atom. The van der Waals surface area contributed by atoms with Crippen LogP contribution in [0.2, 0.25) is 0 Å². The van der Waals surface area contributed by atoms with Gasteiger partial charge in [0.1, 0.15) is 5.75 Å². The van der Waals surface area contributed by atoms with Crippen molar-refractivity contribution in [2.75, 3.05) is 13.7 Å². The first-order chi connectivity index (χ1) is 9.20. The van der Waals surface area contributed by atoms with Crippen LogP contribution in [0, 0.1) is 0 Å². The van der Waals surface area contributed by atoms with E-state index < -0.39 is 0 Å². The third-order valence-electron chi connectivity index (χ3n) is 3.67. The van der Waals surface area contributed by atoms with Crippen LogP contribution in [0.1, 0.15) is 42.9 Å². The van der Waals surface area contributed by atoms with Crippen LogP contribution in [0.5, 0.6) is 5.75 Å². The summed E-state index contributed by atoms with van der Waals surface area (Å²) in [6.07, 6.45) is 4.59. The first-order valence-electron chi connectivity index (χ1n) is 6.89. The third-order valence-corrected chi connectivity index (χ3v) is 3.67. The van der Waals surface area contributed by atoms with Gasteiger partial charge in [0.25, 0.3) is 0 Å². The molecule has 1 atom stereocenters. The Morgan fingerprint density at radius 2 is 2.32 bits per heavy atom. The predicted molar refractivity (Wildman–Crippen MR) is 75.1 cm³/mol. The number of amides is 1. The molecule has 1 unspecified atom stereocenters. The molecule has 3 N–H and O–H groups in total. The highest BCUT2D eigenvalue weighted by Crippen LogP contribution is 2.33. The van der Waals surface area contributed by atoms with E-state index in [0.717, 1.165) is 38.0 Å². The Hall–Kier alpha value is -1.55. The summed E-state index contributed by atoms with van der Waals surface area (Å²) in [6, 6.07) is 6.72. The van der Waals surface area contributed by atoms with Crippen molar-refractivity contribution >= 4 is 5.91 Å². The molecular formula is C15H22N2O2. The summed E-state index contributed by atoms with van der Waals surface area (Å²) in [7, 11) is 1.70. The number of rotatable bonds is 7. The van der Waals surface area contributed by atoms with Gasteiger partial charge < -0.3 is 15.8 Å². The maximum absolute atomic E-state index is 10.6. The summed E-state index contributed by atoms with van der Waals surface area (Å²) >= 11 is 0. The molecule has 1 aromatic carbocycles. The number of nitrogens with two attached hydrogens (primary N) is 1. The maximum atomic E-state index is 10.6. The van der Waals surface area contributed by atoms with Gasteiger partial charge in [-0.25, -0.2) is 0 Å². The summed E-state index contributed by atoms with van der Waals surface area (Å²) in [5.74, 6) is 0.706. The van der Waals surface area contributed by atoms with Gasteiger partial charge in [-0.3, -0.25) is 4.79 Å². The average Bonchev–Trinajstić information content (AvgIpc) is 2.80. The molecule has 4 nitrogen and oxygen atoms in total. The summed E-state index contributed by atoms with van der Waals surface area (Å²) in [6.45, 7) is 0.925. The summed E-state index contributed by atoms with van der Waals surface area (Å²) in [5.41, 5.74) is 7.89. The van der Waals surface area contributed by atoms with Gasteiger partial charge in [-0.05, 0) is 55.5 Å². The molecule has 0 bridgehead atoms. The largest absolute Gasteiger partial charge is 0.497 e. The van der Waals surface area contributed by atoms with E-state index in [2.05, 4.69) is 17.4 Å². The highest BCUT2D eigenvalue weighted by atomic mass is 16.5. The predicted octanol–water partition coefficient (Wildman–Crippen LogP) is 1.93. The Morgan fingerprint density at radius 3 is 3.05 bits per heavy atom. The van der Waals surface area contributed by atoms with Crippen LogP contribution in [0.3, 0.4) is 0 Å². The fraction of sp³-hybridized carbons (Fsp3) is 0.533. The van der Waals surface area contributed by atoms with Crippen LogP contribution in [-0.2, 0) is 11.2 Å². The van der Waals surface area contributed by atoms with Gasteiger partial charge in [0.15, 0.2) is 0 Å². The molecule has 0 aliphatic heterocycles. The van der Waals surface area contributed by atoms with Crippen LogP contribution < -0.4 is 15.8 Å². The van der Waals surface area contributed by atoms with Crippen molar-refractivity contribution in [1.82, 2.24) is 5.32 Å². The normalized spacial score (nSPS) is 17.2. The standard InChI is InChI=1S/C15H22N2O2/c1-19-12-7-5-11-6-8-14(13(11)10-12)17-9-3-2-4-15(16)18/h5,7,10,14,17H,2-4,6,8-9H2,1H3,(H2,16,18). The number of fused-ring (bicyclic) bond motifs is 1. The number of hydrogen-bond donors (Lipinski definition) is 2. The van der Waals surface area contributed by atoms with Gasteiger partial charge in [-0.15, -0.1) is 0 Å². The van der Waals surface area contributed by atoms with Gasteiger partial charge >= 0.3 is 0 Å². The van der Waals surface area contributed by atoms with Crippen molar-refractivity contribution in [3.05, 3.63) is 29.3 Å². The highest BCUT2D eigenvalue weighted by Gasteiger charge is 2.22. The summed E-state index contributed by atoms with van der Waals surface area (Å²) in [4.78, 5) is 10.6. The lowest BCUT2D eigenvalue weighted by Gasteiger charge is -2.14. The van der Waals surface area contributed by atoms with Crippen molar-refractivity contribution in [1.29, 1.82) is 0 Å². The zero-order chi connectivity index (χ0) is 13.7. The maximum Gasteiger partial charge on any atom is 0.217 e. The van der Waals surface area contributed by atoms with Crippen molar-refractivity contribution in [2.45, 2.75) is 38.1 Å². The lowest BCUT2D eigenvalue weighted by Crippen LogP contribution is -2.21. The molecule has 1 amide bonds. The van der Waals surface area contributed by atoms with E-state index in [1.807, 2.05) is 6.07 Å². The minimum Gasteiger partial charge on any atom is -0.497 e. The molecule has 1 aliphatic carbocycles. The number of carbonyl (C=O) groups is 1. The Kier molecular flexibility index (Phi) is 4.80. The second-order valence-electron chi connectivity index (χ2n) is 5.03. The number of carbonyl (C=O) groups excluding carboxylic acids is 1. The van der Waals surface area contributed by atoms with E-state index >= 15 is 0 Å². The topological polar surface area (TPSA) is 64.3 Å². The quantitative estimate of drug-likeness (QED) is 0.738. The fourth-order valence-corrected chi connectivity index (χ4v) is 2.62. The Bertz CT molecular complexity index is 446. The lowest BCUT2D eigenvalue weighted by atomic mass is 10.1. The van der Waals surface area contributed by atoms with Gasteiger partial charge in [0.05, 0.1) is 7.11 Å². The zero-order valence-corrected chi connectivity index (χ0v) is 11.4. The minimum atomic E-state index is -0.212. The van der Waals surface area contributed by atoms with Crippen molar-refractivity contribution < 1.29 is 9.53 Å². The van der Waals surface area contributed by atoms with Crippen molar-refractivity contribution in [3.63, 3.8) is 0 Å². The number of methoxy groups -OCH3 is 1. The summed E-state index contributed by atoms with van der Waals surface area (Å²) < 4.78 is 5.28. The molecule has 1 aliphatic rings. The molecule has 0 spiro atoms. The number of unbranched alkanes of at least 4 members (excludes halogenated alkanes) is 1. The van der Waals surface area contributed by atoms with Crippen LogP contribution >= 0.6 is 0 Å². The molecule has 4 heteroatoms. The molecular weight excluding hydrogens is 240 g/mol. The molecule has 0 aromatic heterocycles. The van der Waals surface area contributed by atoms with Crippen LogP contribution in [-0.4, -0.2) is 19.6 Å². The van der Waals surface area contributed by atoms with Crippen LogP contribution in [0.15, 0.2) is 18.2 Å². The first kappa shape index (κ1) is 13.9. The monoisotopic (exact) mass is 262 g/mol. The molecule has 19 heavy (non-hydrogen) atoms. The van der Waals surface area contributed by atoms with E-state index in [0.29, 0.717) is 12.5 Å². The van der Waals surface area contributed by atoms with Crippen molar-refractivity contribution in [2.24, 2.45) is 5.73 Å². The molecule has 0 saturated carbocycles. The average molecular weight is 262 g/mol. The smallest absolute Gasteiger partial charge is 0.217 e. The SMILES string of the molecule is COc1ccc2c(c1)C(NCCCCC(N)=O)CC2. The zero-order valence-electron chi connectivity index (χ0n) is 11.4. The van der Waals surface area contributed by atoms with E-state index in [1.54, 1.807) is 7.11 Å². The fourth-order valence-electron chi connectivity index (χ4n) is 2.62. The van der Waals surface area contributed by atoms with Gasteiger partial charge in [0.2, 0.25) is 5.91 Å². The molecule has 2 rings (SSSR count). The second kappa shape index (κ2) is 6.57. The second-order valence-corrected chi connectivity index (χ2v) is 5.03. The molecule has 0 heterocycles. The highest BCUT2D eigenvalue weighted by molar-refractivity contribution is 5.73. The number of primary amides is 1. The number of aryl methyl sites for hydroxylation is 1. The molecule has 0 saturated heterocycles. The van der Waals surface area contributed by atoms with Crippen molar-refractivity contribution in [3.8, 4) is 5.75 Å². The number of ether oxygens (including phenoxy) is 1. The lowest BCUT2D eigenvalue weighted by molar-refractivity contribution is -0.118. The molecule has 1 aromatic rings. The van der Waals surface area contributed by atoms with Crippen LogP contribution in [0.25, 0.3) is 0 Å². The van der Waals surface area contributed by atoms with Gasteiger partial charge in [-0.1, -0.05) is 6.07 Å². The summed E-state index contributed by atoms with van der Waals surface area (Å²) in [5, 5.41) is 3.56. The Labute approximate surface area is 114 Å². The number of hydrogen-bond acceptors (Lipinski definition) is 3. The minimum absolute atomic E-state index is 0.212. The van der Waals surface area contributed by atoms with Gasteiger partial charge in [-0.2, -0.15) is 0 Å². The molecule has 0 fully saturated rings. The Balaban J connectivity index is 1.82. The first-order valence-corrected chi connectivity index (χ1v) is 6.89. The van der Waals surface area contributed by atoms with Crippen LogP contribution in [0.4, 0.5) is 0 Å². The van der Waals surface area contributed by atoms with E-state index in [4.69, 9.17) is 10.5 Å². The van der Waals surface area contributed by atoms with Gasteiger partial charge in [0, 0.05) is 12.5 Å². The van der Waals surface area contributed by atoms with E-state index in [9.17, 15) is 4.79 Å². The third kappa shape index (κ3) is 3.70.